The van der Waals surface area contributed by atoms with E-state index in [0.29, 0.717) is 27.5 Å². The van der Waals surface area contributed by atoms with E-state index in [-0.39, 0.29) is 5.91 Å². The first kappa shape index (κ1) is 12.9. The molecule has 0 aliphatic carbocycles. The van der Waals surface area contributed by atoms with Crippen LogP contribution in [0.25, 0.3) is 0 Å². The SMILES string of the molecule is N#Cc1ccc(NC(=O)c2ccccc2N)c(Cl)c1. The lowest BCUT2D eigenvalue weighted by atomic mass is 10.1. The van der Waals surface area contributed by atoms with Crippen LogP contribution in [0.15, 0.2) is 42.5 Å². The molecular weight excluding hydrogens is 262 g/mol. The van der Waals surface area contributed by atoms with E-state index in [1.807, 2.05) is 6.07 Å². The van der Waals surface area contributed by atoms with E-state index >= 15 is 0 Å². The number of carbonyl (C=O) groups excluding carboxylic acids is 1. The lowest BCUT2D eigenvalue weighted by Gasteiger charge is -2.09. The predicted molar refractivity (Wildman–Crippen MR) is 75.0 cm³/mol. The number of halogens is 1. The summed E-state index contributed by atoms with van der Waals surface area (Å²) in [5.41, 5.74) is 7.36. The van der Waals surface area contributed by atoms with Crippen molar-refractivity contribution in [2.24, 2.45) is 0 Å². The van der Waals surface area contributed by atoms with Crippen molar-refractivity contribution in [3.05, 3.63) is 58.6 Å². The number of amides is 1. The fourth-order valence-corrected chi connectivity index (χ4v) is 1.81. The third-order valence-corrected chi connectivity index (χ3v) is 2.86. The Bertz CT molecular complexity index is 677. The summed E-state index contributed by atoms with van der Waals surface area (Å²) in [6, 6.07) is 13.4. The molecule has 0 saturated heterocycles. The van der Waals surface area contributed by atoms with Crippen molar-refractivity contribution in [1.82, 2.24) is 0 Å². The van der Waals surface area contributed by atoms with Crippen LogP contribution >= 0.6 is 11.6 Å². The fraction of sp³-hybridized carbons (Fsp3) is 0. The van der Waals surface area contributed by atoms with Crippen LogP contribution in [0, 0.1) is 11.3 Å². The van der Waals surface area contributed by atoms with Crippen molar-refractivity contribution >= 4 is 28.9 Å². The first-order valence-electron chi connectivity index (χ1n) is 5.47. The predicted octanol–water partition coefficient (Wildman–Crippen LogP) is 3.05. The van der Waals surface area contributed by atoms with Crippen LogP contribution in [0.1, 0.15) is 15.9 Å². The van der Waals surface area contributed by atoms with Gasteiger partial charge in [0, 0.05) is 5.69 Å². The van der Waals surface area contributed by atoms with Gasteiger partial charge in [-0.05, 0) is 30.3 Å². The maximum Gasteiger partial charge on any atom is 0.257 e. The van der Waals surface area contributed by atoms with Crippen LogP contribution < -0.4 is 11.1 Å². The summed E-state index contributed by atoms with van der Waals surface area (Å²) in [7, 11) is 0. The van der Waals surface area contributed by atoms with E-state index < -0.39 is 0 Å². The molecule has 0 fully saturated rings. The maximum atomic E-state index is 12.0. The van der Waals surface area contributed by atoms with Crippen LogP contribution in [0.5, 0.6) is 0 Å². The van der Waals surface area contributed by atoms with Gasteiger partial charge in [-0.1, -0.05) is 23.7 Å². The van der Waals surface area contributed by atoms with Crippen LogP contribution in [-0.4, -0.2) is 5.91 Å². The number of rotatable bonds is 2. The van der Waals surface area contributed by atoms with E-state index in [1.54, 1.807) is 36.4 Å². The summed E-state index contributed by atoms with van der Waals surface area (Å²) in [5.74, 6) is -0.343. The number of hydrogen-bond donors (Lipinski definition) is 2. The minimum absolute atomic E-state index is 0.307. The largest absolute Gasteiger partial charge is 0.398 e. The van der Waals surface area contributed by atoms with Crippen molar-refractivity contribution in [1.29, 1.82) is 5.26 Å². The standard InChI is InChI=1S/C14H10ClN3O/c15-11-7-9(8-16)5-6-13(11)18-14(19)10-3-1-2-4-12(10)17/h1-7H,17H2,(H,18,19). The van der Waals surface area contributed by atoms with E-state index in [4.69, 9.17) is 22.6 Å². The van der Waals surface area contributed by atoms with E-state index in [2.05, 4.69) is 5.32 Å². The molecule has 5 heteroatoms. The second kappa shape index (κ2) is 5.42. The van der Waals surface area contributed by atoms with Gasteiger partial charge in [0.05, 0.1) is 27.9 Å². The number of para-hydroxylation sites is 1. The van der Waals surface area contributed by atoms with Gasteiger partial charge >= 0.3 is 0 Å². The molecule has 0 saturated carbocycles. The highest BCUT2D eigenvalue weighted by atomic mass is 35.5. The van der Waals surface area contributed by atoms with E-state index in [0.717, 1.165) is 0 Å². The molecule has 0 spiro atoms. The first-order valence-corrected chi connectivity index (χ1v) is 5.85. The second-order valence-corrected chi connectivity index (χ2v) is 4.26. The second-order valence-electron chi connectivity index (χ2n) is 3.85. The monoisotopic (exact) mass is 271 g/mol. The third-order valence-electron chi connectivity index (χ3n) is 2.55. The number of benzene rings is 2. The van der Waals surface area contributed by atoms with Gasteiger partial charge in [-0.25, -0.2) is 0 Å². The van der Waals surface area contributed by atoms with Gasteiger partial charge in [-0.15, -0.1) is 0 Å². The number of nitriles is 1. The summed E-state index contributed by atoms with van der Waals surface area (Å²) in [4.78, 5) is 12.0. The van der Waals surface area contributed by atoms with Gasteiger partial charge in [0.2, 0.25) is 0 Å². The lowest BCUT2D eigenvalue weighted by molar-refractivity contribution is 0.102. The highest BCUT2D eigenvalue weighted by Gasteiger charge is 2.11. The average Bonchev–Trinajstić information content (AvgIpc) is 2.41. The molecule has 2 rings (SSSR count). The number of carbonyl (C=O) groups is 1. The Morgan fingerprint density at radius 3 is 2.63 bits per heavy atom. The minimum atomic E-state index is -0.343. The summed E-state index contributed by atoms with van der Waals surface area (Å²) >= 11 is 5.98. The number of nitrogens with two attached hydrogens (primary N) is 1. The molecule has 2 aromatic carbocycles. The molecule has 0 radical (unpaired) electrons. The molecule has 0 aliphatic heterocycles. The van der Waals surface area contributed by atoms with Gasteiger partial charge in [-0.3, -0.25) is 4.79 Å². The number of anilines is 2. The smallest absolute Gasteiger partial charge is 0.257 e. The van der Waals surface area contributed by atoms with Crippen LogP contribution in [0.3, 0.4) is 0 Å². The number of hydrogen-bond acceptors (Lipinski definition) is 3. The molecule has 0 aromatic heterocycles. The average molecular weight is 272 g/mol. The third kappa shape index (κ3) is 2.84. The number of nitrogen functional groups attached to an aromatic ring is 1. The van der Waals surface area contributed by atoms with Gasteiger partial charge in [0.25, 0.3) is 5.91 Å². The van der Waals surface area contributed by atoms with Crippen LogP contribution in [0.4, 0.5) is 11.4 Å². The topological polar surface area (TPSA) is 78.9 Å². The molecule has 0 unspecified atom stereocenters. The van der Waals surface area contributed by atoms with Crippen LogP contribution in [-0.2, 0) is 0 Å². The van der Waals surface area contributed by atoms with Crippen molar-refractivity contribution in [3.8, 4) is 6.07 Å². The normalized spacial score (nSPS) is 9.68. The highest BCUT2D eigenvalue weighted by molar-refractivity contribution is 6.34. The van der Waals surface area contributed by atoms with Crippen molar-refractivity contribution in [2.75, 3.05) is 11.1 Å². The fourth-order valence-electron chi connectivity index (χ4n) is 1.58. The maximum absolute atomic E-state index is 12.0. The van der Waals surface area contributed by atoms with Gasteiger partial charge in [-0.2, -0.15) is 5.26 Å². The van der Waals surface area contributed by atoms with E-state index in [1.165, 1.54) is 6.07 Å². The Balaban J connectivity index is 2.25. The van der Waals surface area contributed by atoms with Crippen molar-refractivity contribution < 1.29 is 4.79 Å². The number of nitrogens with zero attached hydrogens (tertiary/aromatic N) is 1. The molecule has 0 atom stereocenters. The zero-order valence-electron chi connectivity index (χ0n) is 9.85. The molecule has 94 valence electrons. The summed E-state index contributed by atoms with van der Waals surface area (Å²) < 4.78 is 0. The van der Waals surface area contributed by atoms with Crippen molar-refractivity contribution in [3.63, 3.8) is 0 Å². The molecule has 0 bridgehead atoms. The van der Waals surface area contributed by atoms with Gasteiger partial charge < -0.3 is 11.1 Å². The summed E-state index contributed by atoms with van der Waals surface area (Å²) in [5, 5.41) is 11.7. The molecule has 4 nitrogen and oxygen atoms in total. The Hall–Kier alpha value is -2.51. The summed E-state index contributed by atoms with van der Waals surface area (Å²) in [6.45, 7) is 0. The molecule has 3 N–H and O–H groups in total. The molecule has 1 amide bonds. The highest BCUT2D eigenvalue weighted by Crippen LogP contribution is 2.24. The minimum Gasteiger partial charge on any atom is -0.398 e. The zero-order chi connectivity index (χ0) is 13.8. The Morgan fingerprint density at radius 2 is 2.00 bits per heavy atom. The Morgan fingerprint density at radius 1 is 1.26 bits per heavy atom. The number of nitrogens with one attached hydrogen (secondary N) is 1. The van der Waals surface area contributed by atoms with Crippen LogP contribution in [0.2, 0.25) is 5.02 Å². The van der Waals surface area contributed by atoms with Crippen molar-refractivity contribution in [2.45, 2.75) is 0 Å². The Kier molecular flexibility index (Phi) is 3.69. The zero-order valence-corrected chi connectivity index (χ0v) is 10.6. The Labute approximate surface area is 115 Å². The van der Waals surface area contributed by atoms with E-state index in [9.17, 15) is 4.79 Å². The quantitative estimate of drug-likeness (QED) is 0.824. The molecular formula is C14H10ClN3O. The molecule has 2 aromatic rings. The lowest BCUT2D eigenvalue weighted by Crippen LogP contribution is -2.14. The van der Waals surface area contributed by atoms with Gasteiger partial charge in [0.1, 0.15) is 0 Å². The molecule has 0 aliphatic rings. The first-order chi connectivity index (χ1) is 9.11. The molecule has 19 heavy (non-hydrogen) atoms. The van der Waals surface area contributed by atoms with Gasteiger partial charge in [0.15, 0.2) is 0 Å². The summed E-state index contributed by atoms with van der Waals surface area (Å²) in [6.07, 6.45) is 0. The molecule has 0 heterocycles.